The molecule has 0 spiro atoms. The van der Waals surface area contributed by atoms with Crippen molar-refractivity contribution in [2.75, 3.05) is 0 Å². The summed E-state index contributed by atoms with van der Waals surface area (Å²) in [5.74, 6) is 1.13. The minimum absolute atomic E-state index is 0.0226. The summed E-state index contributed by atoms with van der Waals surface area (Å²) in [6, 6.07) is 6.71. The van der Waals surface area contributed by atoms with E-state index in [1.165, 1.54) is 11.9 Å². The van der Waals surface area contributed by atoms with E-state index in [1.54, 1.807) is 0 Å². The summed E-state index contributed by atoms with van der Waals surface area (Å²) in [6.45, 7) is 4.41. The highest BCUT2D eigenvalue weighted by molar-refractivity contribution is 9.10. The summed E-state index contributed by atoms with van der Waals surface area (Å²) < 4.78 is 3.40. The Hall–Kier alpha value is -0.870. The molecule has 0 radical (unpaired) electrons. The van der Waals surface area contributed by atoms with Crippen LogP contribution in [-0.2, 0) is 6.42 Å². The molecule has 0 unspecified atom stereocenters. The van der Waals surface area contributed by atoms with Gasteiger partial charge in [-0.25, -0.2) is 4.98 Å². The van der Waals surface area contributed by atoms with Crippen molar-refractivity contribution in [1.82, 2.24) is 9.55 Å². The maximum absolute atomic E-state index is 6.39. The minimum Gasteiger partial charge on any atom is -0.325 e. The Bertz CT molecular complexity index is 611. The van der Waals surface area contributed by atoms with Crippen LogP contribution in [0.5, 0.6) is 0 Å². The standard InChI is InChI=1S/C15H20BrN3/c1-10(2)19-13-5-4-11(16)8-12(13)18-14(19)9-15(17)6-3-7-15/h4-5,8,10H,3,6-7,9,17H2,1-2H3. The van der Waals surface area contributed by atoms with E-state index >= 15 is 0 Å². The van der Waals surface area contributed by atoms with E-state index in [0.717, 1.165) is 35.1 Å². The van der Waals surface area contributed by atoms with Gasteiger partial charge in [-0.1, -0.05) is 15.9 Å². The highest BCUT2D eigenvalue weighted by Gasteiger charge is 2.34. The molecule has 3 nitrogen and oxygen atoms in total. The average Bonchev–Trinajstić information content (AvgIpc) is 2.63. The van der Waals surface area contributed by atoms with Crippen molar-refractivity contribution < 1.29 is 0 Å². The molecule has 1 aliphatic rings. The van der Waals surface area contributed by atoms with Crippen LogP contribution in [0.3, 0.4) is 0 Å². The van der Waals surface area contributed by atoms with Gasteiger partial charge >= 0.3 is 0 Å². The number of hydrogen-bond acceptors (Lipinski definition) is 2. The third-order valence-corrected chi connectivity index (χ3v) is 4.59. The smallest absolute Gasteiger partial charge is 0.111 e. The first kappa shape index (κ1) is 13.1. The van der Waals surface area contributed by atoms with Crippen LogP contribution in [0.25, 0.3) is 11.0 Å². The number of imidazole rings is 1. The van der Waals surface area contributed by atoms with Crippen LogP contribution in [0, 0.1) is 0 Å². The van der Waals surface area contributed by atoms with Gasteiger partial charge in [-0.2, -0.15) is 0 Å². The van der Waals surface area contributed by atoms with Crippen molar-refractivity contribution in [2.45, 2.75) is 51.1 Å². The molecule has 1 aromatic carbocycles. The maximum atomic E-state index is 6.39. The van der Waals surface area contributed by atoms with Gasteiger partial charge < -0.3 is 10.3 Å². The zero-order valence-electron chi connectivity index (χ0n) is 11.5. The van der Waals surface area contributed by atoms with E-state index in [2.05, 4.69) is 52.5 Å². The fraction of sp³-hybridized carbons (Fsp3) is 0.533. The Morgan fingerprint density at radius 3 is 2.74 bits per heavy atom. The number of hydrogen-bond donors (Lipinski definition) is 1. The molecule has 102 valence electrons. The number of benzene rings is 1. The molecule has 3 rings (SSSR count). The van der Waals surface area contributed by atoms with Gasteiger partial charge in [0.25, 0.3) is 0 Å². The average molecular weight is 322 g/mol. The number of halogens is 1. The monoisotopic (exact) mass is 321 g/mol. The molecule has 2 N–H and O–H groups in total. The number of nitrogens with zero attached hydrogens (tertiary/aromatic N) is 2. The second-order valence-corrected chi connectivity index (χ2v) is 6.93. The van der Waals surface area contributed by atoms with Crippen molar-refractivity contribution in [2.24, 2.45) is 5.73 Å². The molecular formula is C15H20BrN3. The van der Waals surface area contributed by atoms with E-state index in [9.17, 15) is 0 Å². The SMILES string of the molecule is CC(C)n1c(CC2(N)CCC2)nc2cc(Br)ccc21. The highest BCUT2D eigenvalue weighted by atomic mass is 79.9. The van der Waals surface area contributed by atoms with Gasteiger partial charge in [0.1, 0.15) is 5.82 Å². The normalized spacial score (nSPS) is 17.9. The maximum Gasteiger partial charge on any atom is 0.111 e. The summed E-state index contributed by atoms with van der Waals surface area (Å²) >= 11 is 3.52. The fourth-order valence-corrected chi connectivity index (χ4v) is 3.29. The van der Waals surface area contributed by atoms with Gasteiger partial charge in [0.05, 0.1) is 11.0 Å². The second-order valence-electron chi connectivity index (χ2n) is 6.02. The molecule has 1 heterocycles. The summed E-state index contributed by atoms with van der Waals surface area (Å²) in [5, 5.41) is 0. The van der Waals surface area contributed by atoms with Gasteiger partial charge in [0.2, 0.25) is 0 Å². The number of aromatic nitrogens is 2. The first-order valence-corrected chi connectivity index (χ1v) is 7.73. The molecular weight excluding hydrogens is 302 g/mol. The van der Waals surface area contributed by atoms with Crippen molar-refractivity contribution in [3.8, 4) is 0 Å². The molecule has 0 atom stereocenters. The second kappa shape index (κ2) is 4.60. The molecule has 1 fully saturated rings. The van der Waals surface area contributed by atoms with Gasteiger partial charge in [-0.3, -0.25) is 0 Å². The molecule has 19 heavy (non-hydrogen) atoms. The highest BCUT2D eigenvalue weighted by Crippen LogP contribution is 2.34. The lowest BCUT2D eigenvalue weighted by Crippen LogP contribution is -2.49. The van der Waals surface area contributed by atoms with Crippen molar-refractivity contribution in [3.05, 3.63) is 28.5 Å². The molecule has 0 amide bonds. The molecule has 1 aromatic heterocycles. The first-order chi connectivity index (χ1) is 8.98. The largest absolute Gasteiger partial charge is 0.325 e. The lowest BCUT2D eigenvalue weighted by Gasteiger charge is -2.38. The van der Waals surface area contributed by atoms with E-state index in [-0.39, 0.29) is 5.54 Å². The van der Waals surface area contributed by atoms with Crippen molar-refractivity contribution in [3.63, 3.8) is 0 Å². The summed E-state index contributed by atoms with van der Waals surface area (Å²) in [4.78, 5) is 4.81. The van der Waals surface area contributed by atoms with Crippen LogP contribution in [-0.4, -0.2) is 15.1 Å². The van der Waals surface area contributed by atoms with Gasteiger partial charge in [-0.15, -0.1) is 0 Å². The summed E-state index contributed by atoms with van der Waals surface area (Å²) in [6.07, 6.45) is 4.39. The molecule has 2 aromatic rings. The van der Waals surface area contributed by atoms with Crippen LogP contribution >= 0.6 is 15.9 Å². The third-order valence-electron chi connectivity index (χ3n) is 4.10. The molecule has 1 saturated carbocycles. The molecule has 4 heteroatoms. The summed E-state index contributed by atoms with van der Waals surface area (Å²) in [5.41, 5.74) is 8.63. The fourth-order valence-electron chi connectivity index (χ4n) is 2.95. The Labute approximate surface area is 122 Å². The number of rotatable bonds is 3. The Kier molecular flexibility index (Phi) is 3.18. The lowest BCUT2D eigenvalue weighted by atomic mass is 9.75. The van der Waals surface area contributed by atoms with E-state index in [0.29, 0.717) is 6.04 Å². The van der Waals surface area contributed by atoms with Crippen molar-refractivity contribution >= 4 is 27.0 Å². The molecule has 0 bridgehead atoms. The first-order valence-electron chi connectivity index (χ1n) is 6.94. The van der Waals surface area contributed by atoms with Gasteiger partial charge in [0.15, 0.2) is 0 Å². The Morgan fingerprint density at radius 1 is 1.42 bits per heavy atom. The van der Waals surface area contributed by atoms with Crippen LogP contribution in [0.15, 0.2) is 22.7 Å². The van der Waals surface area contributed by atoms with Gasteiger partial charge in [-0.05, 0) is 51.3 Å². The van der Waals surface area contributed by atoms with E-state index in [4.69, 9.17) is 10.7 Å². The van der Waals surface area contributed by atoms with E-state index in [1.807, 2.05) is 0 Å². The van der Waals surface area contributed by atoms with Crippen LogP contribution in [0.4, 0.5) is 0 Å². The third kappa shape index (κ3) is 2.32. The minimum atomic E-state index is -0.0226. The van der Waals surface area contributed by atoms with Crippen LogP contribution in [0.2, 0.25) is 0 Å². The van der Waals surface area contributed by atoms with E-state index < -0.39 is 0 Å². The predicted molar refractivity (Wildman–Crippen MR) is 82.3 cm³/mol. The topological polar surface area (TPSA) is 43.8 Å². The lowest BCUT2D eigenvalue weighted by molar-refractivity contribution is 0.240. The van der Waals surface area contributed by atoms with Gasteiger partial charge in [0, 0.05) is 22.5 Å². The van der Waals surface area contributed by atoms with Crippen LogP contribution in [0.1, 0.15) is 45.0 Å². The zero-order valence-corrected chi connectivity index (χ0v) is 13.1. The number of nitrogens with two attached hydrogens (primary N) is 1. The quantitative estimate of drug-likeness (QED) is 0.934. The zero-order chi connectivity index (χ0) is 13.6. The molecule has 1 aliphatic carbocycles. The molecule has 0 saturated heterocycles. The predicted octanol–water partition coefficient (Wildman–Crippen LogP) is 3.80. The van der Waals surface area contributed by atoms with Crippen molar-refractivity contribution in [1.29, 1.82) is 0 Å². The van der Waals surface area contributed by atoms with Crippen LogP contribution < -0.4 is 5.73 Å². The number of fused-ring (bicyclic) bond motifs is 1. The molecule has 0 aliphatic heterocycles. The summed E-state index contributed by atoms with van der Waals surface area (Å²) in [7, 11) is 0. The Morgan fingerprint density at radius 2 is 2.16 bits per heavy atom. The Balaban J connectivity index is 2.09.